The van der Waals surface area contributed by atoms with Gasteiger partial charge < -0.3 is 10.1 Å². The van der Waals surface area contributed by atoms with Crippen LogP contribution in [0.5, 0.6) is 0 Å². The first-order valence-corrected chi connectivity index (χ1v) is 5.93. The van der Waals surface area contributed by atoms with E-state index in [9.17, 15) is 4.79 Å². The molecule has 0 saturated carbocycles. The van der Waals surface area contributed by atoms with Gasteiger partial charge in [-0.2, -0.15) is 0 Å². The molecule has 0 aromatic heterocycles. The summed E-state index contributed by atoms with van der Waals surface area (Å²) in [4.78, 5) is 11.3. The molecule has 0 fully saturated rings. The fourth-order valence-electron chi connectivity index (χ4n) is 1.83. The summed E-state index contributed by atoms with van der Waals surface area (Å²) in [5, 5.41) is 3.43. The molecule has 0 aromatic carbocycles. The van der Waals surface area contributed by atoms with Crippen LogP contribution in [0.4, 0.5) is 0 Å². The smallest absolute Gasteiger partial charge is 0.333 e. The second-order valence-electron chi connectivity index (χ2n) is 3.96. The van der Waals surface area contributed by atoms with Gasteiger partial charge in [0.15, 0.2) is 0 Å². The monoisotopic (exact) mass is 223 g/mol. The van der Waals surface area contributed by atoms with Crippen molar-refractivity contribution in [1.82, 2.24) is 5.32 Å². The third-order valence-corrected chi connectivity index (χ3v) is 2.85. The minimum absolute atomic E-state index is 0.215. The second kappa shape index (κ2) is 7.23. The number of methoxy groups -OCH3 is 1. The molecule has 0 radical (unpaired) electrons. The Labute approximate surface area is 97.6 Å². The molecule has 3 heteroatoms. The molecule has 0 spiro atoms. The van der Waals surface area contributed by atoms with Crippen LogP contribution in [0.15, 0.2) is 23.8 Å². The number of rotatable bonds is 5. The largest absolute Gasteiger partial charge is 0.466 e. The van der Waals surface area contributed by atoms with Crippen LogP contribution in [0.2, 0.25) is 0 Å². The number of esters is 1. The van der Waals surface area contributed by atoms with E-state index in [1.807, 2.05) is 13.0 Å². The van der Waals surface area contributed by atoms with Gasteiger partial charge in [-0.3, -0.25) is 0 Å². The summed E-state index contributed by atoms with van der Waals surface area (Å²) < 4.78 is 4.70. The molecule has 3 nitrogen and oxygen atoms in total. The van der Waals surface area contributed by atoms with Crippen LogP contribution in [0.25, 0.3) is 0 Å². The van der Waals surface area contributed by atoms with Crippen LogP contribution in [0, 0.1) is 0 Å². The van der Waals surface area contributed by atoms with E-state index < -0.39 is 0 Å². The van der Waals surface area contributed by atoms with Gasteiger partial charge in [0.1, 0.15) is 0 Å². The van der Waals surface area contributed by atoms with Crippen molar-refractivity contribution < 1.29 is 9.53 Å². The zero-order valence-electron chi connectivity index (χ0n) is 10.2. The predicted molar refractivity (Wildman–Crippen MR) is 65.2 cm³/mol. The lowest BCUT2D eigenvalue weighted by molar-refractivity contribution is -0.136. The second-order valence-corrected chi connectivity index (χ2v) is 3.96. The highest BCUT2D eigenvalue weighted by atomic mass is 16.5. The zero-order chi connectivity index (χ0) is 11.8. The summed E-state index contributed by atoms with van der Waals surface area (Å²) in [6.07, 6.45) is 10.5. The van der Waals surface area contributed by atoms with E-state index in [0.29, 0.717) is 6.04 Å². The molecule has 0 saturated heterocycles. The molecule has 1 aliphatic carbocycles. The molecular weight excluding hydrogens is 202 g/mol. The Morgan fingerprint density at radius 3 is 2.94 bits per heavy atom. The quantitative estimate of drug-likeness (QED) is 0.441. The number of hydrogen-bond donors (Lipinski definition) is 1. The van der Waals surface area contributed by atoms with Crippen molar-refractivity contribution in [1.29, 1.82) is 0 Å². The average Bonchev–Trinajstić information content (AvgIpc) is 2.35. The van der Waals surface area contributed by atoms with Gasteiger partial charge >= 0.3 is 5.97 Å². The van der Waals surface area contributed by atoms with Crippen LogP contribution in [0.3, 0.4) is 0 Å². The van der Waals surface area contributed by atoms with Gasteiger partial charge in [-0.1, -0.05) is 25.2 Å². The normalized spacial score (nSPS) is 20.9. The number of nitrogens with one attached hydrogen (secondary N) is 1. The first kappa shape index (κ1) is 13.0. The summed E-state index contributed by atoms with van der Waals surface area (Å²) in [6.45, 7) is 2.71. The molecule has 90 valence electrons. The van der Waals surface area contributed by atoms with Crippen molar-refractivity contribution in [3.05, 3.63) is 23.8 Å². The zero-order valence-corrected chi connectivity index (χ0v) is 10.2. The van der Waals surface area contributed by atoms with Crippen LogP contribution >= 0.6 is 0 Å². The molecule has 0 aromatic rings. The maximum atomic E-state index is 11.3. The molecule has 1 rings (SSSR count). The number of hydrogen-bond acceptors (Lipinski definition) is 3. The Hall–Kier alpha value is -1.09. The third kappa shape index (κ3) is 4.19. The molecule has 1 unspecified atom stereocenters. The summed E-state index contributed by atoms with van der Waals surface area (Å²) in [7, 11) is 1.42. The SMILES string of the molecule is CC/C(=C/CNC1CC=CCC1)C(=O)OC. The van der Waals surface area contributed by atoms with Gasteiger partial charge in [0.2, 0.25) is 0 Å². The summed E-state index contributed by atoms with van der Waals surface area (Å²) in [6, 6.07) is 0.553. The topological polar surface area (TPSA) is 38.3 Å². The van der Waals surface area contributed by atoms with E-state index in [4.69, 9.17) is 4.74 Å². The van der Waals surface area contributed by atoms with Crippen molar-refractivity contribution in [3.8, 4) is 0 Å². The van der Waals surface area contributed by atoms with E-state index in [2.05, 4.69) is 17.5 Å². The molecule has 0 aliphatic heterocycles. The Morgan fingerprint density at radius 2 is 2.38 bits per heavy atom. The molecule has 1 atom stereocenters. The molecule has 1 N–H and O–H groups in total. The average molecular weight is 223 g/mol. The van der Waals surface area contributed by atoms with E-state index >= 15 is 0 Å². The fraction of sp³-hybridized carbons (Fsp3) is 0.615. The molecule has 1 aliphatic rings. The summed E-state index contributed by atoms with van der Waals surface area (Å²) >= 11 is 0. The van der Waals surface area contributed by atoms with Crippen LogP contribution in [-0.2, 0) is 9.53 Å². The van der Waals surface area contributed by atoms with Gasteiger partial charge in [0.05, 0.1) is 7.11 Å². The Kier molecular flexibility index (Phi) is 5.86. The maximum absolute atomic E-state index is 11.3. The number of carbonyl (C=O) groups excluding carboxylic acids is 1. The number of carbonyl (C=O) groups is 1. The highest BCUT2D eigenvalue weighted by molar-refractivity contribution is 5.88. The lowest BCUT2D eigenvalue weighted by atomic mass is 10.0. The van der Waals surface area contributed by atoms with Gasteiger partial charge in [-0.05, 0) is 25.7 Å². The standard InChI is InChI=1S/C13H21NO2/c1-3-11(13(15)16-2)9-10-14-12-7-5-4-6-8-12/h4-5,9,12,14H,3,6-8,10H2,1-2H3/b11-9-. The number of allylic oxidation sites excluding steroid dienone is 1. The van der Waals surface area contributed by atoms with Crippen LogP contribution < -0.4 is 5.32 Å². The summed E-state index contributed by atoms with van der Waals surface area (Å²) in [5.74, 6) is -0.215. The van der Waals surface area contributed by atoms with E-state index in [1.54, 1.807) is 0 Å². The first-order chi connectivity index (χ1) is 7.77. The Bertz CT molecular complexity index is 282. The Morgan fingerprint density at radius 1 is 1.56 bits per heavy atom. The van der Waals surface area contributed by atoms with Gasteiger partial charge in [-0.25, -0.2) is 4.79 Å². The van der Waals surface area contributed by atoms with Gasteiger partial charge in [0.25, 0.3) is 0 Å². The van der Waals surface area contributed by atoms with Crippen molar-refractivity contribution in [3.63, 3.8) is 0 Å². The molecule has 0 amide bonds. The van der Waals surface area contributed by atoms with E-state index in [0.717, 1.165) is 31.4 Å². The minimum Gasteiger partial charge on any atom is -0.466 e. The first-order valence-electron chi connectivity index (χ1n) is 5.93. The van der Waals surface area contributed by atoms with Crippen LogP contribution in [-0.4, -0.2) is 25.7 Å². The third-order valence-electron chi connectivity index (χ3n) is 2.85. The summed E-state index contributed by atoms with van der Waals surface area (Å²) in [5.41, 5.74) is 0.751. The molecule has 0 heterocycles. The van der Waals surface area contributed by atoms with Crippen molar-refractivity contribution in [2.45, 2.75) is 38.6 Å². The van der Waals surface area contributed by atoms with Gasteiger partial charge in [0, 0.05) is 18.2 Å². The van der Waals surface area contributed by atoms with Crippen LogP contribution in [0.1, 0.15) is 32.6 Å². The maximum Gasteiger partial charge on any atom is 0.333 e. The molecule has 0 bridgehead atoms. The van der Waals surface area contributed by atoms with Crippen molar-refractivity contribution in [2.24, 2.45) is 0 Å². The van der Waals surface area contributed by atoms with Gasteiger partial charge in [-0.15, -0.1) is 0 Å². The molecular formula is C13H21NO2. The highest BCUT2D eigenvalue weighted by Crippen LogP contribution is 2.10. The Balaban J connectivity index is 2.33. The lowest BCUT2D eigenvalue weighted by Gasteiger charge is -2.18. The van der Waals surface area contributed by atoms with Crippen molar-refractivity contribution in [2.75, 3.05) is 13.7 Å². The van der Waals surface area contributed by atoms with E-state index in [1.165, 1.54) is 13.5 Å². The molecule has 16 heavy (non-hydrogen) atoms. The van der Waals surface area contributed by atoms with E-state index in [-0.39, 0.29) is 5.97 Å². The fourth-order valence-corrected chi connectivity index (χ4v) is 1.83. The lowest BCUT2D eigenvalue weighted by Crippen LogP contribution is -2.30. The predicted octanol–water partition coefficient (Wildman–Crippen LogP) is 2.19. The van der Waals surface area contributed by atoms with Crippen molar-refractivity contribution >= 4 is 5.97 Å². The minimum atomic E-state index is -0.215. The number of ether oxygens (including phenoxy) is 1. The highest BCUT2D eigenvalue weighted by Gasteiger charge is 2.09.